The highest BCUT2D eigenvalue weighted by molar-refractivity contribution is 5.68. The van der Waals surface area contributed by atoms with Crippen molar-refractivity contribution in [3.05, 3.63) is 88.5 Å². The summed E-state index contributed by atoms with van der Waals surface area (Å²) in [7, 11) is 0. The molecule has 38 heavy (non-hydrogen) atoms. The summed E-state index contributed by atoms with van der Waals surface area (Å²) in [5.74, 6) is 0. The Hall–Kier alpha value is -3.19. The van der Waals surface area contributed by atoms with E-state index in [9.17, 15) is 14.9 Å². The maximum atomic E-state index is 12.9. The molecule has 0 aromatic heterocycles. The molecular formula is C31H43N3O4. The van der Waals surface area contributed by atoms with Crippen LogP contribution in [0.1, 0.15) is 64.5 Å². The zero-order valence-electron chi connectivity index (χ0n) is 23.4. The fourth-order valence-electron chi connectivity index (χ4n) is 5.66. The fraction of sp³-hybridized carbons (Fsp3) is 0.516. The average Bonchev–Trinajstić information content (AvgIpc) is 2.89. The SMILES string of the molecule is C=CCN(C(=O)OCc1ccc([N+](=O)[O-])cc1)C1CCN(CCC(C)(CC(C)(C)C)c2ccccc2)CC1. The van der Waals surface area contributed by atoms with E-state index in [4.69, 9.17) is 4.74 Å². The van der Waals surface area contributed by atoms with Crippen molar-refractivity contribution in [2.75, 3.05) is 26.2 Å². The second-order valence-electron chi connectivity index (χ2n) is 11.9. The van der Waals surface area contributed by atoms with Crippen LogP contribution in [0.5, 0.6) is 0 Å². The number of rotatable bonds is 11. The Bertz CT molecular complexity index is 1060. The topological polar surface area (TPSA) is 75.9 Å². The molecule has 1 saturated heterocycles. The minimum atomic E-state index is -0.444. The van der Waals surface area contributed by atoms with Gasteiger partial charge in [-0.2, -0.15) is 0 Å². The Morgan fingerprint density at radius 2 is 1.74 bits per heavy atom. The van der Waals surface area contributed by atoms with Crippen molar-refractivity contribution in [3.63, 3.8) is 0 Å². The molecule has 0 saturated carbocycles. The van der Waals surface area contributed by atoms with Crippen LogP contribution in [-0.2, 0) is 16.8 Å². The van der Waals surface area contributed by atoms with E-state index in [1.165, 1.54) is 17.7 Å². The Morgan fingerprint density at radius 3 is 2.29 bits per heavy atom. The van der Waals surface area contributed by atoms with Gasteiger partial charge in [0.1, 0.15) is 6.61 Å². The van der Waals surface area contributed by atoms with Crippen molar-refractivity contribution < 1.29 is 14.5 Å². The van der Waals surface area contributed by atoms with E-state index < -0.39 is 4.92 Å². The molecule has 7 nitrogen and oxygen atoms in total. The third-order valence-corrected chi connectivity index (χ3v) is 7.44. The van der Waals surface area contributed by atoms with E-state index in [1.807, 2.05) is 0 Å². The van der Waals surface area contributed by atoms with E-state index in [2.05, 4.69) is 69.5 Å². The van der Waals surface area contributed by atoms with Crippen LogP contribution in [0.15, 0.2) is 67.3 Å². The molecule has 0 spiro atoms. The number of carbonyl (C=O) groups excluding carboxylic acids is 1. The molecule has 1 atom stereocenters. The lowest BCUT2D eigenvalue weighted by atomic mass is 9.69. The lowest BCUT2D eigenvalue weighted by molar-refractivity contribution is -0.384. The monoisotopic (exact) mass is 521 g/mol. The van der Waals surface area contributed by atoms with Gasteiger partial charge in [-0.05, 0) is 66.3 Å². The number of hydrogen-bond acceptors (Lipinski definition) is 5. The first-order valence-electron chi connectivity index (χ1n) is 13.6. The molecule has 2 aromatic rings. The van der Waals surface area contributed by atoms with Gasteiger partial charge in [0, 0.05) is 37.8 Å². The predicted octanol–water partition coefficient (Wildman–Crippen LogP) is 6.97. The van der Waals surface area contributed by atoms with Crippen LogP contribution in [0.25, 0.3) is 0 Å². The van der Waals surface area contributed by atoms with Crippen molar-refractivity contribution >= 4 is 11.8 Å². The van der Waals surface area contributed by atoms with E-state index in [-0.39, 0.29) is 35.3 Å². The van der Waals surface area contributed by atoms with Crippen molar-refractivity contribution in [3.8, 4) is 0 Å². The molecule has 0 radical (unpaired) electrons. The van der Waals surface area contributed by atoms with Crippen LogP contribution in [0.4, 0.5) is 10.5 Å². The van der Waals surface area contributed by atoms with E-state index in [0.717, 1.165) is 45.3 Å². The van der Waals surface area contributed by atoms with Gasteiger partial charge in [0.25, 0.3) is 5.69 Å². The summed E-state index contributed by atoms with van der Waals surface area (Å²) in [6.07, 6.45) is 5.35. The second-order valence-corrected chi connectivity index (χ2v) is 11.9. The lowest BCUT2D eigenvalue weighted by Crippen LogP contribution is -2.48. The summed E-state index contributed by atoms with van der Waals surface area (Å²) in [6.45, 7) is 16.6. The van der Waals surface area contributed by atoms with E-state index in [0.29, 0.717) is 12.1 Å². The lowest BCUT2D eigenvalue weighted by Gasteiger charge is -2.41. The van der Waals surface area contributed by atoms with E-state index in [1.54, 1.807) is 23.1 Å². The number of non-ortho nitro benzene ring substituents is 1. The van der Waals surface area contributed by atoms with Crippen molar-refractivity contribution in [2.45, 2.75) is 71.4 Å². The minimum Gasteiger partial charge on any atom is -0.445 e. The van der Waals surface area contributed by atoms with Gasteiger partial charge < -0.3 is 14.5 Å². The number of piperidine rings is 1. The smallest absolute Gasteiger partial charge is 0.410 e. The summed E-state index contributed by atoms with van der Waals surface area (Å²) >= 11 is 0. The fourth-order valence-corrected chi connectivity index (χ4v) is 5.66. The van der Waals surface area contributed by atoms with Crippen molar-refractivity contribution in [2.24, 2.45) is 5.41 Å². The third kappa shape index (κ3) is 8.42. The Morgan fingerprint density at radius 1 is 1.11 bits per heavy atom. The van der Waals surface area contributed by atoms with Gasteiger partial charge in [-0.25, -0.2) is 4.79 Å². The highest BCUT2D eigenvalue weighted by atomic mass is 16.6. The molecule has 3 rings (SSSR count). The van der Waals surface area contributed by atoms with Gasteiger partial charge in [-0.15, -0.1) is 6.58 Å². The molecular weight excluding hydrogens is 478 g/mol. The second kappa shape index (κ2) is 13.1. The number of ether oxygens (including phenoxy) is 1. The van der Waals surface area contributed by atoms with Crippen LogP contribution >= 0.6 is 0 Å². The summed E-state index contributed by atoms with van der Waals surface area (Å²) in [6, 6.07) is 17.0. The van der Waals surface area contributed by atoms with Crippen LogP contribution < -0.4 is 0 Å². The number of nitrogens with zero attached hydrogens (tertiary/aromatic N) is 3. The quantitative estimate of drug-likeness (QED) is 0.181. The van der Waals surface area contributed by atoms with Crippen molar-refractivity contribution in [1.82, 2.24) is 9.80 Å². The molecule has 0 bridgehead atoms. The number of benzene rings is 2. The van der Waals surface area contributed by atoms with Crippen LogP contribution in [-0.4, -0.2) is 53.0 Å². The average molecular weight is 522 g/mol. The maximum Gasteiger partial charge on any atom is 0.410 e. The van der Waals surface area contributed by atoms with Crippen molar-refractivity contribution in [1.29, 1.82) is 0 Å². The summed E-state index contributed by atoms with van der Waals surface area (Å²) in [5, 5.41) is 10.8. The van der Waals surface area contributed by atoms with Gasteiger partial charge >= 0.3 is 6.09 Å². The van der Waals surface area contributed by atoms with Crippen LogP contribution in [0, 0.1) is 15.5 Å². The molecule has 1 fully saturated rings. The van der Waals surface area contributed by atoms with Gasteiger partial charge in [-0.3, -0.25) is 10.1 Å². The summed E-state index contributed by atoms with van der Waals surface area (Å²) < 4.78 is 5.57. The first-order chi connectivity index (χ1) is 18.0. The highest BCUT2D eigenvalue weighted by Gasteiger charge is 2.33. The molecule has 1 amide bonds. The molecule has 206 valence electrons. The zero-order chi connectivity index (χ0) is 27.8. The largest absolute Gasteiger partial charge is 0.445 e. The molecule has 7 heteroatoms. The molecule has 1 aliphatic heterocycles. The predicted molar refractivity (Wildman–Crippen MR) is 152 cm³/mol. The number of nitro groups is 1. The van der Waals surface area contributed by atoms with Gasteiger partial charge in [0.15, 0.2) is 0 Å². The highest BCUT2D eigenvalue weighted by Crippen LogP contribution is 2.39. The van der Waals surface area contributed by atoms with Gasteiger partial charge in [0.05, 0.1) is 4.92 Å². The van der Waals surface area contributed by atoms with Crippen LogP contribution in [0.2, 0.25) is 0 Å². The number of hydrogen-bond donors (Lipinski definition) is 0. The molecule has 1 aliphatic rings. The first kappa shape index (κ1) is 29.4. The Balaban J connectivity index is 1.54. The number of likely N-dealkylation sites (tertiary alicyclic amines) is 1. The zero-order valence-corrected chi connectivity index (χ0v) is 23.4. The van der Waals surface area contributed by atoms with Crippen LogP contribution in [0.3, 0.4) is 0 Å². The van der Waals surface area contributed by atoms with Gasteiger partial charge in [-0.1, -0.05) is 64.1 Å². The summed E-state index contributed by atoms with van der Waals surface area (Å²) in [4.78, 5) is 27.6. The number of carbonyl (C=O) groups is 1. The van der Waals surface area contributed by atoms with E-state index >= 15 is 0 Å². The normalized spacial score (nSPS) is 16.4. The Labute approximate surface area is 227 Å². The molecule has 1 heterocycles. The number of amides is 1. The third-order valence-electron chi connectivity index (χ3n) is 7.44. The minimum absolute atomic E-state index is 0.0163. The molecule has 0 aliphatic carbocycles. The maximum absolute atomic E-state index is 12.9. The summed E-state index contributed by atoms with van der Waals surface area (Å²) in [5.41, 5.74) is 2.47. The van der Waals surface area contributed by atoms with Gasteiger partial charge in [0.2, 0.25) is 0 Å². The Kier molecular flexibility index (Phi) is 10.1. The molecule has 1 unspecified atom stereocenters. The molecule has 0 N–H and O–H groups in total. The molecule has 2 aromatic carbocycles. The standard InChI is InChI=1S/C31H43N3O4/c1-6-19-33(29(35)38-23-25-12-14-28(15-13-25)34(36)37)27-16-20-32(21-17-27)22-18-31(5,24-30(2,3)4)26-10-8-7-9-11-26/h6-15,27H,1,16-24H2,2-5H3. The number of nitro benzene ring substituents is 1. The first-order valence-corrected chi connectivity index (χ1v) is 13.6.